The maximum absolute atomic E-state index is 12.1. The second-order valence-electron chi connectivity index (χ2n) is 4.35. The molecule has 0 unspecified atom stereocenters. The van der Waals surface area contributed by atoms with Crippen molar-refractivity contribution in [3.63, 3.8) is 0 Å². The summed E-state index contributed by atoms with van der Waals surface area (Å²) in [5.74, 6) is 0.713. The lowest BCUT2D eigenvalue weighted by Crippen LogP contribution is -2.10. The molecular formula is C15H18N2O. The summed E-state index contributed by atoms with van der Waals surface area (Å²) in [5, 5.41) is 0. The molecule has 18 heavy (non-hydrogen) atoms. The van der Waals surface area contributed by atoms with E-state index in [-0.39, 0.29) is 5.78 Å². The number of hydrogen-bond donors (Lipinski definition) is 0. The quantitative estimate of drug-likeness (QED) is 0.729. The van der Waals surface area contributed by atoms with Crippen LogP contribution in [0.4, 0.5) is 0 Å². The molecule has 94 valence electrons. The monoisotopic (exact) mass is 242 g/mol. The van der Waals surface area contributed by atoms with Crippen molar-refractivity contribution in [1.29, 1.82) is 0 Å². The molecule has 0 atom stereocenters. The van der Waals surface area contributed by atoms with Crippen LogP contribution in [0.5, 0.6) is 0 Å². The van der Waals surface area contributed by atoms with Crippen molar-refractivity contribution in [2.45, 2.75) is 32.7 Å². The van der Waals surface area contributed by atoms with Crippen LogP contribution in [0.3, 0.4) is 0 Å². The van der Waals surface area contributed by atoms with Crippen LogP contribution in [-0.2, 0) is 13.0 Å². The fraction of sp³-hybridized carbons (Fsp3) is 0.333. The normalized spacial score (nSPS) is 10.5. The van der Waals surface area contributed by atoms with Crippen LogP contribution in [0, 0.1) is 0 Å². The second-order valence-corrected chi connectivity index (χ2v) is 4.35. The number of benzene rings is 1. The van der Waals surface area contributed by atoms with E-state index in [1.54, 1.807) is 6.20 Å². The van der Waals surface area contributed by atoms with Crippen LogP contribution in [0.15, 0.2) is 42.7 Å². The van der Waals surface area contributed by atoms with Crippen molar-refractivity contribution < 1.29 is 4.79 Å². The lowest BCUT2D eigenvalue weighted by Gasteiger charge is -2.05. The van der Waals surface area contributed by atoms with E-state index in [0.717, 1.165) is 19.4 Å². The van der Waals surface area contributed by atoms with Crippen LogP contribution in [-0.4, -0.2) is 15.3 Å². The standard InChI is InChI=1S/C15H18N2O/c1-2-11-17-12-10-16-15(17)14(18)9-8-13-6-4-3-5-7-13/h3-7,10,12H,2,8-9,11H2,1H3. The number of rotatable bonds is 6. The zero-order valence-corrected chi connectivity index (χ0v) is 10.7. The van der Waals surface area contributed by atoms with Crippen molar-refractivity contribution in [2.75, 3.05) is 0 Å². The van der Waals surface area contributed by atoms with Crippen molar-refractivity contribution in [3.05, 3.63) is 54.1 Å². The van der Waals surface area contributed by atoms with E-state index in [4.69, 9.17) is 0 Å². The van der Waals surface area contributed by atoms with E-state index in [9.17, 15) is 4.79 Å². The minimum atomic E-state index is 0.123. The molecular weight excluding hydrogens is 224 g/mol. The molecule has 0 aliphatic carbocycles. The number of Topliss-reactive ketones (excluding diaryl/α,β-unsaturated/α-hetero) is 1. The number of carbonyl (C=O) groups excluding carboxylic acids is 1. The predicted molar refractivity (Wildman–Crippen MR) is 71.6 cm³/mol. The second kappa shape index (κ2) is 6.15. The topological polar surface area (TPSA) is 34.9 Å². The molecule has 0 aliphatic heterocycles. The molecule has 1 heterocycles. The summed E-state index contributed by atoms with van der Waals surface area (Å²) in [6.07, 6.45) is 5.88. The first kappa shape index (κ1) is 12.6. The molecule has 0 aliphatic rings. The third kappa shape index (κ3) is 3.06. The van der Waals surface area contributed by atoms with Gasteiger partial charge in [0.25, 0.3) is 0 Å². The summed E-state index contributed by atoms with van der Waals surface area (Å²) >= 11 is 0. The number of hydrogen-bond acceptors (Lipinski definition) is 2. The summed E-state index contributed by atoms with van der Waals surface area (Å²) < 4.78 is 1.94. The molecule has 0 amide bonds. The molecule has 3 heteroatoms. The van der Waals surface area contributed by atoms with Gasteiger partial charge in [0.2, 0.25) is 0 Å². The lowest BCUT2D eigenvalue weighted by atomic mass is 10.1. The van der Waals surface area contributed by atoms with Crippen molar-refractivity contribution in [2.24, 2.45) is 0 Å². The summed E-state index contributed by atoms with van der Waals surface area (Å²) in [5.41, 5.74) is 1.19. The molecule has 2 aromatic rings. The Balaban J connectivity index is 1.97. The van der Waals surface area contributed by atoms with Crippen LogP contribution in [0.25, 0.3) is 0 Å². The molecule has 1 aromatic carbocycles. The highest BCUT2D eigenvalue weighted by atomic mass is 16.1. The highest BCUT2D eigenvalue weighted by Gasteiger charge is 2.12. The van der Waals surface area contributed by atoms with E-state index in [0.29, 0.717) is 12.2 Å². The van der Waals surface area contributed by atoms with E-state index in [1.807, 2.05) is 41.1 Å². The van der Waals surface area contributed by atoms with E-state index < -0.39 is 0 Å². The van der Waals surface area contributed by atoms with E-state index in [2.05, 4.69) is 11.9 Å². The van der Waals surface area contributed by atoms with Gasteiger partial charge in [-0.15, -0.1) is 0 Å². The van der Waals surface area contributed by atoms with Gasteiger partial charge in [0.05, 0.1) is 0 Å². The first-order valence-corrected chi connectivity index (χ1v) is 6.39. The van der Waals surface area contributed by atoms with Gasteiger partial charge in [-0.1, -0.05) is 37.3 Å². The molecule has 0 spiro atoms. The molecule has 0 saturated heterocycles. The Hall–Kier alpha value is -1.90. The maximum Gasteiger partial charge on any atom is 0.198 e. The Morgan fingerprint density at radius 3 is 2.78 bits per heavy atom. The highest BCUT2D eigenvalue weighted by Crippen LogP contribution is 2.08. The molecule has 0 saturated carbocycles. The predicted octanol–water partition coefficient (Wildman–Crippen LogP) is 3.11. The fourth-order valence-electron chi connectivity index (χ4n) is 2.00. The van der Waals surface area contributed by atoms with Crippen molar-refractivity contribution in [1.82, 2.24) is 9.55 Å². The van der Waals surface area contributed by atoms with Gasteiger partial charge in [-0.25, -0.2) is 4.98 Å². The Labute approximate surface area is 107 Å². The third-order valence-electron chi connectivity index (χ3n) is 2.91. The molecule has 0 radical (unpaired) electrons. The maximum atomic E-state index is 12.1. The highest BCUT2D eigenvalue weighted by molar-refractivity contribution is 5.92. The first-order chi connectivity index (χ1) is 8.81. The minimum absolute atomic E-state index is 0.123. The zero-order chi connectivity index (χ0) is 12.8. The largest absolute Gasteiger partial charge is 0.329 e. The first-order valence-electron chi connectivity index (χ1n) is 6.39. The minimum Gasteiger partial charge on any atom is -0.329 e. The molecule has 2 rings (SSSR count). The zero-order valence-electron chi connectivity index (χ0n) is 10.7. The molecule has 3 nitrogen and oxygen atoms in total. The number of carbonyl (C=O) groups is 1. The Kier molecular flexibility index (Phi) is 4.29. The Morgan fingerprint density at radius 1 is 1.28 bits per heavy atom. The van der Waals surface area contributed by atoms with Crippen molar-refractivity contribution >= 4 is 5.78 Å². The van der Waals surface area contributed by atoms with Gasteiger partial charge >= 0.3 is 0 Å². The van der Waals surface area contributed by atoms with E-state index >= 15 is 0 Å². The summed E-state index contributed by atoms with van der Waals surface area (Å²) in [6, 6.07) is 10.1. The fourth-order valence-corrected chi connectivity index (χ4v) is 2.00. The summed E-state index contributed by atoms with van der Waals surface area (Å²) in [7, 11) is 0. The molecule has 0 N–H and O–H groups in total. The third-order valence-corrected chi connectivity index (χ3v) is 2.91. The number of aryl methyl sites for hydroxylation is 2. The molecule has 0 bridgehead atoms. The van der Waals surface area contributed by atoms with Crippen molar-refractivity contribution in [3.8, 4) is 0 Å². The van der Waals surface area contributed by atoms with Gasteiger partial charge in [-0.3, -0.25) is 4.79 Å². The number of aromatic nitrogens is 2. The van der Waals surface area contributed by atoms with Crippen LogP contribution in [0.1, 0.15) is 35.9 Å². The van der Waals surface area contributed by atoms with Gasteiger partial charge in [-0.05, 0) is 18.4 Å². The van der Waals surface area contributed by atoms with Crippen LogP contribution in [0.2, 0.25) is 0 Å². The summed E-state index contributed by atoms with van der Waals surface area (Å²) in [6.45, 7) is 2.95. The summed E-state index contributed by atoms with van der Waals surface area (Å²) in [4.78, 5) is 16.3. The smallest absolute Gasteiger partial charge is 0.198 e. The van der Waals surface area contributed by atoms with Crippen LogP contribution >= 0.6 is 0 Å². The number of ketones is 1. The van der Waals surface area contributed by atoms with Gasteiger partial charge in [0, 0.05) is 25.4 Å². The van der Waals surface area contributed by atoms with Crippen LogP contribution < -0.4 is 0 Å². The number of imidazole rings is 1. The SMILES string of the molecule is CCCn1ccnc1C(=O)CCc1ccccc1. The van der Waals surface area contributed by atoms with Gasteiger partial charge in [0.1, 0.15) is 0 Å². The Morgan fingerprint density at radius 2 is 2.06 bits per heavy atom. The number of nitrogens with zero attached hydrogens (tertiary/aromatic N) is 2. The van der Waals surface area contributed by atoms with Gasteiger partial charge < -0.3 is 4.57 Å². The Bertz CT molecular complexity index is 502. The lowest BCUT2D eigenvalue weighted by molar-refractivity contribution is 0.0968. The molecule has 0 fully saturated rings. The van der Waals surface area contributed by atoms with Gasteiger partial charge in [0.15, 0.2) is 11.6 Å². The average molecular weight is 242 g/mol. The van der Waals surface area contributed by atoms with Gasteiger partial charge in [-0.2, -0.15) is 0 Å². The van der Waals surface area contributed by atoms with E-state index in [1.165, 1.54) is 5.56 Å². The average Bonchev–Trinajstić information content (AvgIpc) is 2.86. The molecule has 1 aromatic heterocycles.